The monoisotopic (exact) mass is 383 g/mol. The summed E-state index contributed by atoms with van der Waals surface area (Å²) < 4.78 is 33.4. The van der Waals surface area contributed by atoms with Crippen molar-refractivity contribution in [3.05, 3.63) is 23.0 Å². The van der Waals surface area contributed by atoms with Gasteiger partial charge in [-0.25, -0.2) is 8.42 Å². The largest absolute Gasteiger partial charge is 0.492 e. The van der Waals surface area contributed by atoms with Crippen molar-refractivity contribution in [2.75, 3.05) is 19.4 Å². The molecular weight excluding hydrogens is 362 g/mol. The second kappa shape index (κ2) is 6.89. The lowest BCUT2D eigenvalue weighted by Gasteiger charge is -2.18. The quantitative estimate of drug-likeness (QED) is 0.801. The number of carbonyl (C=O) groups excluding carboxylic acids is 1. The summed E-state index contributed by atoms with van der Waals surface area (Å²) in [7, 11) is -1.58. The zero-order valence-corrected chi connectivity index (χ0v) is 16.1. The molecule has 0 bridgehead atoms. The standard InChI is InChI=1S/C16H21N3O4S2/c1-4-23-12-8-5-9-13-14(12)18(2)16(24-13)17-15(20)11-7-6-10-19(11)25(3,21)22/h5,8-9,11H,4,6-7,10H2,1-3H3. The first-order valence-electron chi connectivity index (χ1n) is 8.09. The van der Waals surface area contributed by atoms with E-state index in [1.54, 1.807) is 0 Å². The SMILES string of the molecule is CCOc1cccc2sc(=NC(=O)C3CCCN3S(C)(=O)=O)n(C)c12. The predicted molar refractivity (Wildman–Crippen MR) is 97.1 cm³/mol. The summed E-state index contributed by atoms with van der Waals surface area (Å²) in [4.78, 5) is 17.4. The average molecular weight is 383 g/mol. The molecule has 2 aromatic rings. The van der Waals surface area contributed by atoms with Crippen LogP contribution in [0.2, 0.25) is 0 Å². The van der Waals surface area contributed by atoms with Crippen molar-refractivity contribution in [1.82, 2.24) is 8.87 Å². The van der Waals surface area contributed by atoms with Gasteiger partial charge in [0.1, 0.15) is 17.3 Å². The third-order valence-electron chi connectivity index (χ3n) is 4.21. The molecule has 1 aliphatic rings. The molecule has 2 heterocycles. The van der Waals surface area contributed by atoms with E-state index < -0.39 is 22.0 Å². The number of fused-ring (bicyclic) bond motifs is 1. The first kappa shape index (κ1) is 18.1. The maximum atomic E-state index is 12.6. The molecule has 1 amide bonds. The number of aromatic nitrogens is 1. The van der Waals surface area contributed by atoms with Gasteiger partial charge in [-0.2, -0.15) is 9.30 Å². The van der Waals surface area contributed by atoms with Crippen LogP contribution >= 0.6 is 11.3 Å². The number of sulfonamides is 1. The minimum atomic E-state index is -3.41. The molecule has 1 unspecified atom stereocenters. The van der Waals surface area contributed by atoms with Crippen molar-refractivity contribution in [2.24, 2.45) is 12.0 Å². The Morgan fingerprint density at radius 3 is 2.88 bits per heavy atom. The second-order valence-electron chi connectivity index (χ2n) is 5.96. The lowest BCUT2D eigenvalue weighted by Crippen LogP contribution is -2.39. The van der Waals surface area contributed by atoms with Crippen molar-refractivity contribution in [1.29, 1.82) is 0 Å². The van der Waals surface area contributed by atoms with Crippen molar-refractivity contribution in [3.63, 3.8) is 0 Å². The summed E-state index contributed by atoms with van der Waals surface area (Å²) >= 11 is 1.39. The van der Waals surface area contributed by atoms with Crippen molar-refractivity contribution in [3.8, 4) is 5.75 Å². The van der Waals surface area contributed by atoms with Gasteiger partial charge in [-0.15, -0.1) is 0 Å². The van der Waals surface area contributed by atoms with E-state index in [1.807, 2.05) is 36.7 Å². The third kappa shape index (κ3) is 3.49. The highest BCUT2D eigenvalue weighted by atomic mass is 32.2. The lowest BCUT2D eigenvalue weighted by molar-refractivity contribution is -0.121. The Bertz CT molecular complexity index is 975. The van der Waals surface area contributed by atoms with Gasteiger partial charge in [0.15, 0.2) is 4.80 Å². The lowest BCUT2D eigenvalue weighted by atomic mass is 10.2. The fourth-order valence-corrected chi connectivity index (χ4v) is 5.26. The predicted octanol–water partition coefficient (Wildman–Crippen LogP) is 1.49. The average Bonchev–Trinajstić information content (AvgIpc) is 3.14. The Hall–Kier alpha value is -1.71. The van der Waals surface area contributed by atoms with Gasteiger partial charge in [0, 0.05) is 13.6 Å². The topological polar surface area (TPSA) is 81.0 Å². The van der Waals surface area contributed by atoms with Crippen LogP contribution in [0.3, 0.4) is 0 Å². The Kier molecular flexibility index (Phi) is 4.99. The minimum Gasteiger partial charge on any atom is -0.492 e. The normalized spacial score (nSPS) is 19.6. The van der Waals surface area contributed by atoms with Crippen molar-refractivity contribution in [2.45, 2.75) is 25.8 Å². The van der Waals surface area contributed by atoms with Gasteiger partial charge in [0.05, 0.1) is 17.6 Å². The highest BCUT2D eigenvalue weighted by Gasteiger charge is 2.36. The summed E-state index contributed by atoms with van der Waals surface area (Å²) in [5.74, 6) is 0.328. The molecule has 1 aromatic carbocycles. The van der Waals surface area contributed by atoms with E-state index in [-0.39, 0.29) is 0 Å². The van der Waals surface area contributed by atoms with Gasteiger partial charge in [0.25, 0.3) is 5.91 Å². The van der Waals surface area contributed by atoms with E-state index >= 15 is 0 Å². The van der Waals surface area contributed by atoms with E-state index in [9.17, 15) is 13.2 Å². The molecule has 1 atom stereocenters. The molecule has 0 N–H and O–H groups in total. The van der Waals surface area contributed by atoms with Crippen molar-refractivity contribution < 1.29 is 17.9 Å². The maximum Gasteiger partial charge on any atom is 0.266 e. The molecule has 0 saturated carbocycles. The number of hydrogen-bond acceptors (Lipinski definition) is 5. The van der Waals surface area contributed by atoms with E-state index in [0.29, 0.717) is 30.8 Å². The fourth-order valence-electron chi connectivity index (χ4n) is 3.10. The van der Waals surface area contributed by atoms with E-state index in [1.165, 1.54) is 15.6 Å². The van der Waals surface area contributed by atoms with Gasteiger partial charge in [-0.05, 0) is 31.9 Å². The van der Waals surface area contributed by atoms with Crippen LogP contribution in [0, 0.1) is 0 Å². The minimum absolute atomic E-state index is 0.373. The molecule has 0 aliphatic carbocycles. The second-order valence-corrected chi connectivity index (χ2v) is 8.91. The summed E-state index contributed by atoms with van der Waals surface area (Å²) in [5, 5.41) is 0. The van der Waals surface area contributed by atoms with Gasteiger partial charge in [-0.1, -0.05) is 17.4 Å². The Labute approximate surface area is 150 Å². The van der Waals surface area contributed by atoms with Crippen LogP contribution in [-0.4, -0.2) is 48.6 Å². The number of hydrogen-bond donors (Lipinski definition) is 0. The van der Waals surface area contributed by atoms with E-state index in [4.69, 9.17) is 4.74 Å². The summed E-state index contributed by atoms with van der Waals surface area (Å²) in [6.45, 7) is 2.84. The first-order chi connectivity index (χ1) is 11.8. The number of amides is 1. The molecule has 1 aromatic heterocycles. The number of rotatable bonds is 4. The zero-order chi connectivity index (χ0) is 18.2. The molecule has 0 radical (unpaired) electrons. The summed E-state index contributed by atoms with van der Waals surface area (Å²) in [6.07, 6.45) is 2.31. The fraction of sp³-hybridized carbons (Fsp3) is 0.500. The molecule has 25 heavy (non-hydrogen) atoms. The highest BCUT2D eigenvalue weighted by molar-refractivity contribution is 7.88. The Morgan fingerprint density at radius 2 is 2.20 bits per heavy atom. The summed E-state index contributed by atoms with van der Waals surface area (Å²) in [5.41, 5.74) is 0.882. The number of ether oxygens (including phenoxy) is 1. The molecule has 3 rings (SSSR count). The molecule has 1 saturated heterocycles. The van der Waals surface area contributed by atoms with Gasteiger partial charge in [-0.3, -0.25) is 4.79 Å². The Morgan fingerprint density at radius 1 is 1.44 bits per heavy atom. The molecule has 136 valence electrons. The van der Waals surface area contributed by atoms with Gasteiger partial charge in [0.2, 0.25) is 10.0 Å². The van der Waals surface area contributed by atoms with Crippen LogP contribution in [0.25, 0.3) is 10.2 Å². The zero-order valence-electron chi connectivity index (χ0n) is 14.4. The maximum absolute atomic E-state index is 12.6. The van der Waals surface area contributed by atoms with Crippen LogP contribution in [0.5, 0.6) is 5.75 Å². The number of benzene rings is 1. The number of thiazole rings is 1. The molecule has 1 aliphatic heterocycles. The van der Waals surface area contributed by atoms with Crippen LogP contribution in [-0.2, 0) is 21.9 Å². The molecule has 1 fully saturated rings. The molecule has 9 heteroatoms. The molecular formula is C16H21N3O4S2. The van der Waals surface area contributed by atoms with Crippen LogP contribution in [0.15, 0.2) is 23.2 Å². The number of para-hydroxylation sites is 1. The van der Waals surface area contributed by atoms with Crippen molar-refractivity contribution >= 4 is 37.5 Å². The Balaban J connectivity index is 2.03. The molecule has 7 nitrogen and oxygen atoms in total. The van der Waals surface area contributed by atoms with Crippen LogP contribution in [0.1, 0.15) is 19.8 Å². The number of nitrogens with zero attached hydrogens (tertiary/aromatic N) is 3. The first-order valence-corrected chi connectivity index (χ1v) is 10.8. The summed E-state index contributed by atoms with van der Waals surface area (Å²) in [6, 6.07) is 5.03. The van der Waals surface area contributed by atoms with Crippen LogP contribution in [0.4, 0.5) is 0 Å². The van der Waals surface area contributed by atoms with E-state index in [0.717, 1.165) is 22.2 Å². The number of aryl methyl sites for hydroxylation is 1. The number of carbonyl (C=O) groups is 1. The van der Waals surface area contributed by atoms with Gasteiger partial charge >= 0.3 is 0 Å². The smallest absolute Gasteiger partial charge is 0.266 e. The highest BCUT2D eigenvalue weighted by Crippen LogP contribution is 2.27. The van der Waals surface area contributed by atoms with Crippen LogP contribution < -0.4 is 9.54 Å². The van der Waals surface area contributed by atoms with E-state index in [2.05, 4.69) is 4.99 Å². The third-order valence-corrected chi connectivity index (χ3v) is 6.59. The van der Waals surface area contributed by atoms with Gasteiger partial charge < -0.3 is 9.30 Å². The molecule has 0 spiro atoms.